The lowest BCUT2D eigenvalue weighted by atomic mass is 10.0. The fraction of sp³-hybridized carbons (Fsp3) is 1.00. The molecule has 3 unspecified atom stereocenters. The van der Waals surface area contributed by atoms with Crippen LogP contribution in [-0.2, 0) is 14.6 Å². The Hall–Kier alpha value is -0.170. The molecule has 2 saturated heterocycles. The summed E-state index contributed by atoms with van der Waals surface area (Å²) in [6.07, 6.45) is 1.46. The van der Waals surface area contributed by atoms with Crippen molar-refractivity contribution in [3.63, 3.8) is 0 Å². The van der Waals surface area contributed by atoms with E-state index in [1.54, 1.807) is 0 Å². The summed E-state index contributed by atoms with van der Waals surface area (Å²) in [4.78, 5) is 1.98. The van der Waals surface area contributed by atoms with Crippen LogP contribution in [0.2, 0.25) is 0 Å². The first-order valence-electron chi connectivity index (χ1n) is 6.14. The zero-order chi connectivity index (χ0) is 12.5. The van der Waals surface area contributed by atoms with Gasteiger partial charge in [0.25, 0.3) is 0 Å². The van der Waals surface area contributed by atoms with Gasteiger partial charge in [-0.25, -0.2) is 8.42 Å². The van der Waals surface area contributed by atoms with Crippen molar-refractivity contribution in [1.82, 2.24) is 4.90 Å². The van der Waals surface area contributed by atoms with Crippen LogP contribution < -0.4 is 0 Å². The molecule has 0 spiro atoms. The van der Waals surface area contributed by atoms with Crippen LogP contribution in [0.4, 0.5) is 0 Å². The molecule has 0 amide bonds. The van der Waals surface area contributed by atoms with Gasteiger partial charge < -0.3 is 9.84 Å². The second kappa shape index (κ2) is 5.22. The normalized spacial score (nSPS) is 37.5. The second-order valence-corrected chi connectivity index (χ2v) is 7.39. The third-order valence-corrected chi connectivity index (χ3v) is 5.36. The van der Waals surface area contributed by atoms with Crippen molar-refractivity contribution in [3.8, 4) is 0 Å². The van der Waals surface area contributed by atoms with Gasteiger partial charge in [0.15, 0.2) is 9.84 Å². The smallest absolute Gasteiger partial charge is 0.154 e. The first-order valence-corrected chi connectivity index (χ1v) is 7.96. The van der Waals surface area contributed by atoms with E-state index in [0.29, 0.717) is 5.92 Å². The largest absolute Gasteiger partial charge is 0.390 e. The summed E-state index contributed by atoms with van der Waals surface area (Å²) in [5.74, 6) is 0.450. The summed E-state index contributed by atoms with van der Waals surface area (Å²) in [5, 5.41) is 9.77. The number of rotatable bonds is 3. The van der Waals surface area contributed by atoms with Crippen LogP contribution in [0.1, 0.15) is 12.8 Å². The highest BCUT2D eigenvalue weighted by molar-refractivity contribution is 7.91. The minimum atomic E-state index is -3.05. The Morgan fingerprint density at radius 2 is 2.18 bits per heavy atom. The minimum Gasteiger partial charge on any atom is -0.390 e. The van der Waals surface area contributed by atoms with Crippen LogP contribution in [0.5, 0.6) is 0 Å². The van der Waals surface area contributed by atoms with Crippen LogP contribution in [0.25, 0.3) is 0 Å². The molecular weight excluding hydrogens is 242 g/mol. The van der Waals surface area contributed by atoms with E-state index in [1.807, 2.05) is 11.9 Å². The van der Waals surface area contributed by atoms with E-state index in [-0.39, 0.29) is 17.5 Å². The second-order valence-electron chi connectivity index (χ2n) is 5.23. The first kappa shape index (κ1) is 13.3. The molecular formula is C11H21NO4S. The Bertz CT molecular complexity index is 350. The predicted molar refractivity (Wildman–Crippen MR) is 64.6 cm³/mol. The summed E-state index contributed by atoms with van der Waals surface area (Å²) in [5.41, 5.74) is 0. The van der Waals surface area contributed by atoms with Gasteiger partial charge in [-0.05, 0) is 25.8 Å². The average molecular weight is 263 g/mol. The van der Waals surface area contributed by atoms with E-state index in [0.717, 1.165) is 32.6 Å². The van der Waals surface area contributed by atoms with Gasteiger partial charge in [0, 0.05) is 13.2 Å². The van der Waals surface area contributed by atoms with E-state index >= 15 is 0 Å². The Labute approximate surface area is 103 Å². The molecule has 0 aliphatic carbocycles. The van der Waals surface area contributed by atoms with Gasteiger partial charge in [-0.2, -0.15) is 0 Å². The highest BCUT2D eigenvalue weighted by Crippen LogP contribution is 2.21. The van der Waals surface area contributed by atoms with E-state index in [9.17, 15) is 13.5 Å². The molecule has 2 heterocycles. The SMILES string of the molecule is CN(CC1CCCOC1)C1CS(=O)(=O)CC1O. The Morgan fingerprint density at radius 1 is 1.41 bits per heavy atom. The number of nitrogens with zero attached hydrogens (tertiary/aromatic N) is 1. The van der Waals surface area contributed by atoms with E-state index in [1.165, 1.54) is 0 Å². The fourth-order valence-corrected chi connectivity index (χ4v) is 4.60. The summed E-state index contributed by atoms with van der Waals surface area (Å²) in [6.45, 7) is 2.39. The van der Waals surface area contributed by atoms with Crippen LogP contribution >= 0.6 is 0 Å². The summed E-state index contributed by atoms with van der Waals surface area (Å²) in [6, 6.07) is -0.248. The van der Waals surface area contributed by atoms with Crippen LogP contribution in [0.3, 0.4) is 0 Å². The standard InChI is InChI=1S/C11H21NO4S/c1-12(5-9-3-2-4-16-6-9)10-7-17(14,15)8-11(10)13/h9-11,13H,2-8H2,1H3. The van der Waals surface area contributed by atoms with Crippen molar-refractivity contribution in [2.45, 2.75) is 25.0 Å². The quantitative estimate of drug-likeness (QED) is 0.744. The highest BCUT2D eigenvalue weighted by atomic mass is 32.2. The van der Waals surface area contributed by atoms with Gasteiger partial charge in [0.1, 0.15) is 0 Å². The molecule has 6 heteroatoms. The number of sulfone groups is 1. The van der Waals surface area contributed by atoms with Gasteiger partial charge in [0.2, 0.25) is 0 Å². The maximum atomic E-state index is 11.4. The lowest BCUT2D eigenvalue weighted by Crippen LogP contribution is -2.44. The predicted octanol–water partition coefficient (Wildman–Crippen LogP) is -0.497. The van der Waals surface area contributed by atoms with Crippen molar-refractivity contribution < 1.29 is 18.3 Å². The molecule has 2 aliphatic rings. The third-order valence-electron chi connectivity index (χ3n) is 3.66. The molecule has 2 rings (SSSR count). The van der Waals surface area contributed by atoms with Gasteiger partial charge in [-0.1, -0.05) is 0 Å². The third kappa shape index (κ3) is 3.40. The molecule has 0 aromatic rings. The van der Waals surface area contributed by atoms with E-state index in [2.05, 4.69) is 0 Å². The summed E-state index contributed by atoms with van der Waals surface area (Å²) in [7, 11) is -1.16. The Balaban J connectivity index is 1.89. The van der Waals surface area contributed by atoms with E-state index in [4.69, 9.17) is 4.74 Å². The molecule has 5 nitrogen and oxygen atoms in total. The Morgan fingerprint density at radius 3 is 2.71 bits per heavy atom. The van der Waals surface area contributed by atoms with Crippen molar-refractivity contribution in [2.75, 3.05) is 38.3 Å². The van der Waals surface area contributed by atoms with Gasteiger partial charge in [-0.3, -0.25) is 4.90 Å². The van der Waals surface area contributed by atoms with Gasteiger partial charge in [0.05, 0.1) is 30.3 Å². The minimum absolute atomic E-state index is 0.0816. The molecule has 0 aromatic carbocycles. The molecule has 3 atom stereocenters. The maximum Gasteiger partial charge on any atom is 0.154 e. The zero-order valence-corrected chi connectivity index (χ0v) is 11.0. The number of aliphatic hydroxyl groups is 1. The van der Waals surface area contributed by atoms with Crippen molar-refractivity contribution in [1.29, 1.82) is 0 Å². The molecule has 17 heavy (non-hydrogen) atoms. The topological polar surface area (TPSA) is 66.8 Å². The van der Waals surface area contributed by atoms with Crippen LogP contribution in [0, 0.1) is 5.92 Å². The average Bonchev–Trinajstić information content (AvgIpc) is 2.54. The Kier molecular flexibility index (Phi) is 4.07. The lowest BCUT2D eigenvalue weighted by Gasteiger charge is -2.31. The molecule has 0 radical (unpaired) electrons. The highest BCUT2D eigenvalue weighted by Gasteiger charge is 2.39. The number of hydrogen-bond donors (Lipinski definition) is 1. The molecule has 2 fully saturated rings. The molecule has 0 bridgehead atoms. The lowest BCUT2D eigenvalue weighted by molar-refractivity contribution is 0.0251. The molecule has 1 N–H and O–H groups in total. The zero-order valence-electron chi connectivity index (χ0n) is 10.2. The van der Waals surface area contributed by atoms with Crippen molar-refractivity contribution in [3.05, 3.63) is 0 Å². The first-order chi connectivity index (χ1) is 7.98. The number of aliphatic hydroxyl groups excluding tert-OH is 1. The van der Waals surface area contributed by atoms with Crippen LogP contribution in [0.15, 0.2) is 0 Å². The van der Waals surface area contributed by atoms with Crippen LogP contribution in [-0.4, -0.2) is 68.9 Å². The van der Waals surface area contributed by atoms with Crippen molar-refractivity contribution >= 4 is 9.84 Å². The van der Waals surface area contributed by atoms with Gasteiger partial charge >= 0.3 is 0 Å². The number of hydrogen-bond acceptors (Lipinski definition) is 5. The number of likely N-dealkylation sites (N-methyl/N-ethyl adjacent to an activating group) is 1. The molecule has 100 valence electrons. The van der Waals surface area contributed by atoms with E-state index < -0.39 is 15.9 Å². The molecule has 2 aliphatic heterocycles. The molecule has 0 aromatic heterocycles. The molecule has 0 saturated carbocycles. The maximum absolute atomic E-state index is 11.4. The summed E-state index contributed by atoms with van der Waals surface area (Å²) < 4.78 is 28.3. The number of ether oxygens (including phenoxy) is 1. The van der Waals surface area contributed by atoms with Gasteiger partial charge in [-0.15, -0.1) is 0 Å². The summed E-state index contributed by atoms with van der Waals surface area (Å²) >= 11 is 0. The van der Waals surface area contributed by atoms with Crippen molar-refractivity contribution in [2.24, 2.45) is 5.92 Å². The monoisotopic (exact) mass is 263 g/mol. The fourth-order valence-electron chi connectivity index (χ4n) is 2.73.